The second-order valence-electron chi connectivity index (χ2n) is 5.19. The van der Waals surface area contributed by atoms with Crippen LogP contribution in [-0.2, 0) is 0 Å². The van der Waals surface area contributed by atoms with Gasteiger partial charge in [0, 0.05) is 5.02 Å². The highest BCUT2D eigenvalue weighted by Crippen LogP contribution is 2.27. The molecule has 2 N–H and O–H groups in total. The zero-order valence-electron chi connectivity index (χ0n) is 13.0. The van der Waals surface area contributed by atoms with Crippen molar-refractivity contribution in [3.05, 3.63) is 76.4 Å². The van der Waals surface area contributed by atoms with E-state index in [1.165, 1.54) is 4.68 Å². The van der Waals surface area contributed by atoms with Gasteiger partial charge in [-0.05, 0) is 35.9 Å². The predicted molar refractivity (Wildman–Crippen MR) is 97.6 cm³/mol. The number of nitrogen functional groups attached to an aromatic ring is 1. The zero-order chi connectivity index (χ0) is 17.8. The van der Waals surface area contributed by atoms with E-state index in [4.69, 9.17) is 17.3 Å². The zero-order valence-corrected chi connectivity index (χ0v) is 13.8. The first kappa shape index (κ1) is 16.3. The number of hydrogen-bond donors (Lipinski definition) is 1. The molecule has 0 radical (unpaired) electrons. The van der Waals surface area contributed by atoms with E-state index < -0.39 is 0 Å². The van der Waals surface area contributed by atoms with E-state index in [0.29, 0.717) is 10.7 Å². The molecule has 25 heavy (non-hydrogen) atoms. The van der Waals surface area contributed by atoms with Crippen molar-refractivity contribution in [3.63, 3.8) is 0 Å². The smallest absolute Gasteiger partial charge is 0.145 e. The van der Waals surface area contributed by atoms with Gasteiger partial charge in [0.2, 0.25) is 0 Å². The van der Waals surface area contributed by atoms with E-state index in [2.05, 4.69) is 11.2 Å². The summed E-state index contributed by atoms with van der Waals surface area (Å²) in [6.45, 7) is 0. The average Bonchev–Trinajstić information content (AvgIpc) is 2.98. The summed E-state index contributed by atoms with van der Waals surface area (Å²) >= 11 is 5.88. The number of para-hydroxylation sites is 1. The number of anilines is 1. The summed E-state index contributed by atoms with van der Waals surface area (Å²) < 4.78 is 1.46. The third-order valence-electron chi connectivity index (χ3n) is 3.59. The summed E-state index contributed by atoms with van der Waals surface area (Å²) in [6.07, 6.45) is 1.65. The van der Waals surface area contributed by atoms with Gasteiger partial charge >= 0.3 is 0 Å². The maximum Gasteiger partial charge on any atom is 0.145 e. The number of aromatic nitrogens is 2. The molecule has 0 fully saturated rings. The van der Waals surface area contributed by atoms with Crippen molar-refractivity contribution in [3.8, 4) is 17.8 Å². The quantitative estimate of drug-likeness (QED) is 0.725. The van der Waals surface area contributed by atoms with Crippen molar-refractivity contribution in [2.24, 2.45) is 0 Å². The van der Waals surface area contributed by atoms with E-state index in [9.17, 15) is 10.5 Å². The molecule has 120 valence electrons. The van der Waals surface area contributed by atoms with E-state index in [1.807, 2.05) is 36.4 Å². The second-order valence-corrected chi connectivity index (χ2v) is 5.63. The number of benzene rings is 2. The van der Waals surface area contributed by atoms with Gasteiger partial charge in [0.15, 0.2) is 0 Å². The molecule has 0 aliphatic carbocycles. The van der Waals surface area contributed by atoms with Crippen molar-refractivity contribution in [2.75, 3.05) is 5.73 Å². The normalized spacial score (nSPS) is 10.9. The van der Waals surface area contributed by atoms with Crippen LogP contribution >= 0.6 is 11.6 Å². The second kappa shape index (κ2) is 6.92. The minimum atomic E-state index is 0.172. The molecule has 0 aliphatic rings. The maximum absolute atomic E-state index is 9.54. The van der Waals surface area contributed by atoms with Gasteiger partial charge in [0.05, 0.1) is 11.3 Å². The van der Waals surface area contributed by atoms with Gasteiger partial charge in [-0.25, -0.2) is 4.68 Å². The van der Waals surface area contributed by atoms with Crippen LogP contribution in [0.25, 0.3) is 17.3 Å². The molecule has 5 nitrogen and oxygen atoms in total. The van der Waals surface area contributed by atoms with Gasteiger partial charge in [-0.3, -0.25) is 0 Å². The van der Waals surface area contributed by atoms with Gasteiger partial charge in [-0.15, -0.1) is 0 Å². The number of allylic oxidation sites excluding steroid dienone is 1. The average molecular weight is 346 g/mol. The topological polar surface area (TPSA) is 91.4 Å². The fourth-order valence-electron chi connectivity index (χ4n) is 2.38. The van der Waals surface area contributed by atoms with Crippen molar-refractivity contribution in [1.29, 1.82) is 10.5 Å². The number of nitriles is 2. The Kier molecular flexibility index (Phi) is 4.52. The van der Waals surface area contributed by atoms with Crippen molar-refractivity contribution in [2.45, 2.75) is 0 Å². The summed E-state index contributed by atoms with van der Waals surface area (Å²) in [5, 5.41) is 24.0. The molecule has 0 aliphatic heterocycles. The largest absolute Gasteiger partial charge is 0.382 e. The van der Waals surface area contributed by atoms with Gasteiger partial charge in [0.1, 0.15) is 29.2 Å². The van der Waals surface area contributed by atoms with Gasteiger partial charge < -0.3 is 5.73 Å². The van der Waals surface area contributed by atoms with E-state index in [0.717, 1.165) is 5.56 Å². The molecule has 0 saturated carbocycles. The highest BCUT2D eigenvalue weighted by molar-refractivity contribution is 6.30. The summed E-state index contributed by atoms with van der Waals surface area (Å²) in [4.78, 5) is 0. The molecule has 6 heteroatoms. The highest BCUT2D eigenvalue weighted by Gasteiger charge is 2.19. The molecular weight excluding hydrogens is 334 g/mol. The summed E-state index contributed by atoms with van der Waals surface area (Å²) in [7, 11) is 0. The van der Waals surface area contributed by atoms with Crippen molar-refractivity contribution < 1.29 is 0 Å². The number of rotatable bonds is 3. The van der Waals surface area contributed by atoms with Crippen LogP contribution in [0.5, 0.6) is 0 Å². The molecule has 0 atom stereocenters. The van der Waals surface area contributed by atoms with Crippen LogP contribution in [0.3, 0.4) is 0 Å². The molecule has 0 bridgehead atoms. The van der Waals surface area contributed by atoms with E-state index in [-0.39, 0.29) is 22.6 Å². The van der Waals surface area contributed by atoms with Gasteiger partial charge in [-0.2, -0.15) is 15.6 Å². The first-order chi connectivity index (χ1) is 12.1. The molecule has 3 aromatic rings. The van der Waals surface area contributed by atoms with Crippen LogP contribution in [-0.4, -0.2) is 9.78 Å². The van der Waals surface area contributed by atoms with Crippen LogP contribution in [0, 0.1) is 22.7 Å². The lowest BCUT2D eigenvalue weighted by Crippen LogP contribution is -2.02. The minimum Gasteiger partial charge on any atom is -0.382 e. The van der Waals surface area contributed by atoms with E-state index in [1.54, 1.807) is 30.3 Å². The highest BCUT2D eigenvalue weighted by atomic mass is 35.5. The van der Waals surface area contributed by atoms with Crippen LogP contribution < -0.4 is 5.73 Å². The van der Waals surface area contributed by atoms with Crippen LogP contribution in [0.4, 0.5) is 5.82 Å². The third kappa shape index (κ3) is 3.23. The summed E-state index contributed by atoms with van der Waals surface area (Å²) in [5.74, 6) is 0.195. The number of halogens is 1. The molecule has 3 rings (SSSR count). The SMILES string of the molecule is N#C/C(=C\c1ccc(Cl)cc1)c1nn(-c2ccccc2)c(N)c1C#N. The van der Waals surface area contributed by atoms with Crippen LogP contribution in [0.1, 0.15) is 16.8 Å². The Morgan fingerprint density at radius 3 is 2.36 bits per heavy atom. The Morgan fingerprint density at radius 2 is 1.76 bits per heavy atom. The Balaban J connectivity index is 2.14. The molecule has 1 heterocycles. The molecular formula is C19H12ClN5. The fraction of sp³-hybridized carbons (Fsp3) is 0. The minimum absolute atomic E-state index is 0.172. The lowest BCUT2D eigenvalue weighted by Gasteiger charge is -2.02. The predicted octanol–water partition coefficient (Wildman–Crippen LogP) is 4.04. The first-order valence-electron chi connectivity index (χ1n) is 7.36. The molecule has 0 saturated heterocycles. The fourth-order valence-corrected chi connectivity index (χ4v) is 2.50. The monoisotopic (exact) mass is 345 g/mol. The number of nitrogens with two attached hydrogens (primary N) is 1. The lowest BCUT2D eigenvalue weighted by atomic mass is 10.1. The van der Waals surface area contributed by atoms with E-state index >= 15 is 0 Å². The van der Waals surface area contributed by atoms with Gasteiger partial charge in [-0.1, -0.05) is 41.9 Å². The molecule has 0 amide bonds. The van der Waals surface area contributed by atoms with Gasteiger partial charge in [0.25, 0.3) is 0 Å². The Bertz CT molecular complexity index is 1020. The summed E-state index contributed by atoms with van der Waals surface area (Å²) in [6, 6.07) is 20.4. The lowest BCUT2D eigenvalue weighted by molar-refractivity contribution is 0.885. The Labute approximate surface area is 149 Å². The molecule has 0 spiro atoms. The van der Waals surface area contributed by atoms with Crippen LogP contribution in [0.2, 0.25) is 5.02 Å². The number of hydrogen-bond acceptors (Lipinski definition) is 4. The standard InChI is InChI=1S/C19H12ClN5/c20-15-8-6-13(7-9-15)10-14(11-21)18-17(12-22)19(23)25(24-18)16-4-2-1-3-5-16/h1-10H,23H2/b14-10+. The van der Waals surface area contributed by atoms with Crippen molar-refractivity contribution >= 4 is 29.1 Å². The Hall–Kier alpha value is -3.54. The maximum atomic E-state index is 9.54. The third-order valence-corrected chi connectivity index (χ3v) is 3.84. The first-order valence-corrected chi connectivity index (χ1v) is 7.73. The van der Waals surface area contributed by atoms with Crippen molar-refractivity contribution in [1.82, 2.24) is 9.78 Å². The molecule has 1 aromatic heterocycles. The molecule has 0 unspecified atom stereocenters. The van der Waals surface area contributed by atoms with Crippen LogP contribution in [0.15, 0.2) is 54.6 Å². The Morgan fingerprint density at radius 1 is 1.08 bits per heavy atom. The molecule has 2 aromatic carbocycles. The summed E-state index contributed by atoms with van der Waals surface area (Å²) in [5.41, 5.74) is 8.24. The number of nitrogens with zero attached hydrogens (tertiary/aromatic N) is 4.